The summed E-state index contributed by atoms with van der Waals surface area (Å²) in [6.07, 6.45) is 6.05. The van der Waals surface area contributed by atoms with Gasteiger partial charge < -0.3 is 11.1 Å². The lowest BCUT2D eigenvalue weighted by molar-refractivity contribution is 0.756. The van der Waals surface area contributed by atoms with E-state index in [1.54, 1.807) is 0 Å². The van der Waals surface area contributed by atoms with Gasteiger partial charge in [-0.05, 0) is 59.6 Å². The molecule has 2 atom stereocenters. The summed E-state index contributed by atoms with van der Waals surface area (Å²) in [6.45, 7) is 0. The number of thioether (sulfide) groups is 1. The van der Waals surface area contributed by atoms with Crippen LogP contribution >= 0.6 is 27.7 Å². The molecule has 2 rings (SSSR count). The van der Waals surface area contributed by atoms with E-state index in [1.165, 1.54) is 19.3 Å². The first kappa shape index (κ1) is 12.1. The minimum Gasteiger partial charge on any atom is -0.399 e. The molecule has 0 spiro atoms. The van der Waals surface area contributed by atoms with E-state index in [0.717, 1.165) is 21.1 Å². The van der Waals surface area contributed by atoms with E-state index >= 15 is 0 Å². The third-order valence-corrected chi connectivity index (χ3v) is 4.82. The van der Waals surface area contributed by atoms with Crippen molar-refractivity contribution in [3.63, 3.8) is 0 Å². The van der Waals surface area contributed by atoms with Crippen LogP contribution in [-0.4, -0.2) is 17.5 Å². The van der Waals surface area contributed by atoms with Crippen molar-refractivity contribution in [1.29, 1.82) is 0 Å². The molecule has 0 radical (unpaired) electrons. The highest BCUT2D eigenvalue weighted by atomic mass is 79.9. The van der Waals surface area contributed by atoms with Crippen LogP contribution < -0.4 is 11.1 Å². The molecule has 0 aliphatic heterocycles. The molecule has 4 heteroatoms. The van der Waals surface area contributed by atoms with Crippen molar-refractivity contribution in [2.75, 3.05) is 17.3 Å². The first-order valence-electron chi connectivity index (χ1n) is 5.53. The molecular formula is C12H17BrN2S. The van der Waals surface area contributed by atoms with Crippen LogP contribution in [0.1, 0.15) is 19.3 Å². The number of nitrogens with one attached hydrogen (secondary N) is 1. The molecule has 0 bridgehead atoms. The SMILES string of the molecule is CSC1CCC(Nc2ccc(N)cc2Br)C1. The van der Waals surface area contributed by atoms with Gasteiger partial charge in [-0.25, -0.2) is 0 Å². The molecule has 0 heterocycles. The molecule has 1 aliphatic carbocycles. The lowest BCUT2D eigenvalue weighted by atomic mass is 10.2. The number of anilines is 2. The van der Waals surface area contributed by atoms with Crippen LogP contribution in [0.5, 0.6) is 0 Å². The van der Waals surface area contributed by atoms with Gasteiger partial charge in [0, 0.05) is 27.1 Å². The molecule has 0 aromatic heterocycles. The molecule has 1 aromatic rings. The number of hydrogen-bond donors (Lipinski definition) is 2. The van der Waals surface area contributed by atoms with Crippen LogP contribution in [0, 0.1) is 0 Å². The molecule has 88 valence electrons. The van der Waals surface area contributed by atoms with Gasteiger partial charge in [0.2, 0.25) is 0 Å². The molecule has 1 aliphatic rings. The lowest BCUT2D eigenvalue weighted by Gasteiger charge is -2.15. The van der Waals surface area contributed by atoms with Gasteiger partial charge in [-0.1, -0.05) is 0 Å². The number of halogens is 1. The fourth-order valence-corrected chi connectivity index (χ4v) is 3.46. The first-order chi connectivity index (χ1) is 7.69. The van der Waals surface area contributed by atoms with Gasteiger partial charge in [0.05, 0.1) is 0 Å². The molecule has 16 heavy (non-hydrogen) atoms. The predicted molar refractivity (Wildman–Crippen MR) is 77.1 cm³/mol. The van der Waals surface area contributed by atoms with Crippen molar-refractivity contribution in [3.05, 3.63) is 22.7 Å². The summed E-state index contributed by atoms with van der Waals surface area (Å²) < 4.78 is 1.06. The van der Waals surface area contributed by atoms with Crippen molar-refractivity contribution in [2.24, 2.45) is 0 Å². The third-order valence-electron chi connectivity index (χ3n) is 3.07. The van der Waals surface area contributed by atoms with Gasteiger partial charge in [-0.15, -0.1) is 0 Å². The van der Waals surface area contributed by atoms with E-state index < -0.39 is 0 Å². The summed E-state index contributed by atoms with van der Waals surface area (Å²) in [6, 6.07) is 6.54. The summed E-state index contributed by atoms with van der Waals surface area (Å²) in [5.74, 6) is 0. The molecule has 1 aromatic carbocycles. The molecule has 0 saturated heterocycles. The van der Waals surface area contributed by atoms with Crippen LogP contribution in [0.3, 0.4) is 0 Å². The van der Waals surface area contributed by atoms with Gasteiger partial charge in [0.15, 0.2) is 0 Å². The zero-order valence-corrected chi connectivity index (χ0v) is 11.8. The summed E-state index contributed by atoms with van der Waals surface area (Å²) in [5.41, 5.74) is 7.67. The molecule has 1 saturated carbocycles. The Morgan fingerprint density at radius 1 is 1.44 bits per heavy atom. The highest BCUT2D eigenvalue weighted by Crippen LogP contribution is 2.32. The van der Waals surface area contributed by atoms with Crippen molar-refractivity contribution in [2.45, 2.75) is 30.6 Å². The van der Waals surface area contributed by atoms with E-state index in [0.29, 0.717) is 6.04 Å². The Morgan fingerprint density at radius 3 is 2.88 bits per heavy atom. The monoisotopic (exact) mass is 300 g/mol. The number of rotatable bonds is 3. The number of benzene rings is 1. The average molecular weight is 301 g/mol. The second kappa shape index (κ2) is 5.32. The first-order valence-corrected chi connectivity index (χ1v) is 7.61. The number of hydrogen-bond acceptors (Lipinski definition) is 3. The Labute approximate surface area is 109 Å². The highest BCUT2D eigenvalue weighted by Gasteiger charge is 2.23. The van der Waals surface area contributed by atoms with Crippen LogP contribution in [0.15, 0.2) is 22.7 Å². The van der Waals surface area contributed by atoms with Gasteiger partial charge in [0.25, 0.3) is 0 Å². The fraction of sp³-hybridized carbons (Fsp3) is 0.500. The molecule has 2 nitrogen and oxygen atoms in total. The van der Waals surface area contributed by atoms with Gasteiger partial charge in [-0.3, -0.25) is 0 Å². The van der Waals surface area contributed by atoms with Crippen LogP contribution in [-0.2, 0) is 0 Å². The van der Waals surface area contributed by atoms with E-state index in [2.05, 4.69) is 27.5 Å². The maximum atomic E-state index is 5.72. The maximum Gasteiger partial charge on any atom is 0.0488 e. The lowest BCUT2D eigenvalue weighted by Crippen LogP contribution is -2.16. The molecule has 2 unspecified atom stereocenters. The average Bonchev–Trinajstić information content (AvgIpc) is 2.70. The Kier molecular flexibility index (Phi) is 4.03. The van der Waals surface area contributed by atoms with Crippen molar-refractivity contribution in [3.8, 4) is 0 Å². The van der Waals surface area contributed by atoms with Crippen molar-refractivity contribution in [1.82, 2.24) is 0 Å². The van der Waals surface area contributed by atoms with Gasteiger partial charge in [0.1, 0.15) is 0 Å². The quantitative estimate of drug-likeness (QED) is 0.836. The molecular weight excluding hydrogens is 284 g/mol. The summed E-state index contributed by atoms with van der Waals surface area (Å²) in [4.78, 5) is 0. The normalized spacial score (nSPS) is 24.6. The number of nitrogen functional groups attached to an aromatic ring is 1. The van der Waals surface area contributed by atoms with Crippen LogP contribution in [0.2, 0.25) is 0 Å². The minimum absolute atomic E-state index is 0.609. The Morgan fingerprint density at radius 2 is 2.25 bits per heavy atom. The van der Waals surface area contributed by atoms with Crippen LogP contribution in [0.4, 0.5) is 11.4 Å². The smallest absolute Gasteiger partial charge is 0.0488 e. The Hall–Kier alpha value is -0.350. The van der Waals surface area contributed by atoms with E-state index in [9.17, 15) is 0 Å². The Bertz CT molecular complexity index is 370. The predicted octanol–water partition coefficient (Wildman–Crippen LogP) is 3.73. The van der Waals surface area contributed by atoms with E-state index in [1.807, 2.05) is 30.0 Å². The van der Waals surface area contributed by atoms with Crippen molar-refractivity contribution >= 4 is 39.1 Å². The highest BCUT2D eigenvalue weighted by molar-refractivity contribution is 9.10. The van der Waals surface area contributed by atoms with E-state index in [-0.39, 0.29) is 0 Å². The van der Waals surface area contributed by atoms with Gasteiger partial charge in [-0.2, -0.15) is 11.8 Å². The van der Waals surface area contributed by atoms with Gasteiger partial charge >= 0.3 is 0 Å². The second-order valence-electron chi connectivity index (χ2n) is 4.25. The largest absolute Gasteiger partial charge is 0.399 e. The maximum absolute atomic E-state index is 5.72. The van der Waals surface area contributed by atoms with Crippen LogP contribution in [0.25, 0.3) is 0 Å². The second-order valence-corrected chi connectivity index (χ2v) is 6.24. The van der Waals surface area contributed by atoms with Crippen molar-refractivity contribution < 1.29 is 0 Å². The zero-order valence-electron chi connectivity index (χ0n) is 9.37. The molecule has 3 N–H and O–H groups in total. The Balaban J connectivity index is 1.99. The van der Waals surface area contributed by atoms with E-state index in [4.69, 9.17) is 5.73 Å². The standard InChI is InChI=1S/C12H17BrN2S/c1-16-10-4-3-9(7-10)15-12-5-2-8(14)6-11(12)13/h2,5-6,9-10,15H,3-4,7,14H2,1H3. The minimum atomic E-state index is 0.609. The third kappa shape index (κ3) is 2.86. The molecule has 1 fully saturated rings. The number of nitrogens with two attached hydrogens (primary N) is 1. The topological polar surface area (TPSA) is 38.0 Å². The fourth-order valence-electron chi connectivity index (χ4n) is 2.15. The molecule has 0 amide bonds. The zero-order chi connectivity index (χ0) is 11.5. The summed E-state index contributed by atoms with van der Waals surface area (Å²) >= 11 is 5.52. The summed E-state index contributed by atoms with van der Waals surface area (Å²) in [5, 5.41) is 4.41. The summed E-state index contributed by atoms with van der Waals surface area (Å²) in [7, 11) is 0.